The van der Waals surface area contributed by atoms with Crippen LogP contribution in [0.5, 0.6) is 0 Å². The number of hydrogen-bond acceptors (Lipinski definition) is 8. The third kappa shape index (κ3) is 1.95. The molecule has 19 heavy (non-hydrogen) atoms. The molecule has 0 aliphatic carbocycles. The summed E-state index contributed by atoms with van der Waals surface area (Å²) in [4.78, 5) is 30.4. The Morgan fingerprint density at radius 3 is 3.05 bits per heavy atom. The number of imidazole rings is 1. The van der Waals surface area contributed by atoms with Gasteiger partial charge in [-0.15, -0.1) is 0 Å². The Morgan fingerprint density at radius 1 is 1.42 bits per heavy atom. The molecule has 3 rings (SSSR count). The maximum absolute atomic E-state index is 10.9. The zero-order chi connectivity index (χ0) is 13.4. The van der Waals surface area contributed by atoms with E-state index in [0.717, 1.165) is 11.8 Å². The lowest BCUT2D eigenvalue weighted by Gasteiger charge is -2.12. The van der Waals surface area contributed by atoms with Gasteiger partial charge < -0.3 is 14.7 Å². The van der Waals surface area contributed by atoms with Gasteiger partial charge in [-0.3, -0.25) is 4.99 Å². The predicted molar refractivity (Wildman–Crippen MR) is 71.4 cm³/mol. The van der Waals surface area contributed by atoms with E-state index in [4.69, 9.17) is 0 Å². The van der Waals surface area contributed by atoms with Crippen molar-refractivity contribution in [3.63, 3.8) is 0 Å². The summed E-state index contributed by atoms with van der Waals surface area (Å²) in [6.07, 6.45) is 4.18. The summed E-state index contributed by atoms with van der Waals surface area (Å²) < 4.78 is 1.58. The first-order valence-electron chi connectivity index (χ1n) is 5.20. The number of nitrogens with zero attached hydrogens (tertiary/aromatic N) is 7. The second kappa shape index (κ2) is 4.39. The summed E-state index contributed by atoms with van der Waals surface area (Å²) >= 11 is 1.15. The van der Waals surface area contributed by atoms with Crippen molar-refractivity contribution in [1.82, 2.24) is 9.55 Å². The molecule has 0 spiro atoms. The highest BCUT2D eigenvalue weighted by atomic mass is 32.2. The number of thioether (sulfide) groups is 1. The molecule has 0 amide bonds. The zero-order valence-corrected chi connectivity index (χ0v) is 10.5. The van der Waals surface area contributed by atoms with Crippen LogP contribution in [0.2, 0.25) is 0 Å². The van der Waals surface area contributed by atoms with Crippen LogP contribution in [0.4, 0.5) is 5.82 Å². The van der Waals surface area contributed by atoms with Crippen LogP contribution < -0.4 is 0 Å². The molecule has 0 bridgehead atoms. The maximum atomic E-state index is 10.9. The third-order valence-electron chi connectivity index (χ3n) is 2.50. The van der Waals surface area contributed by atoms with Crippen LogP contribution in [0, 0.1) is 10.1 Å². The van der Waals surface area contributed by atoms with E-state index in [1.807, 2.05) is 0 Å². The minimum absolute atomic E-state index is 0.196. The molecule has 96 valence electrons. The molecule has 1 aromatic rings. The molecule has 10 heteroatoms. The van der Waals surface area contributed by atoms with Crippen molar-refractivity contribution in [3.05, 3.63) is 16.4 Å². The number of nitro groups is 1. The van der Waals surface area contributed by atoms with Crippen molar-refractivity contribution in [3.8, 4) is 0 Å². The fourth-order valence-electron chi connectivity index (χ4n) is 1.62. The highest BCUT2D eigenvalue weighted by Gasteiger charge is 2.31. The Bertz CT molecular complexity index is 672. The fraction of sp³-hybridized carbons (Fsp3) is 0.222. The van der Waals surface area contributed by atoms with Crippen LogP contribution in [-0.2, 0) is 7.05 Å². The first kappa shape index (κ1) is 11.7. The molecule has 0 saturated carbocycles. The van der Waals surface area contributed by atoms with Gasteiger partial charge in [-0.2, -0.15) is 0 Å². The number of aryl methyl sites for hydroxylation is 1. The van der Waals surface area contributed by atoms with Gasteiger partial charge in [-0.05, 0) is 21.7 Å². The molecule has 0 radical (unpaired) electrons. The van der Waals surface area contributed by atoms with Crippen molar-refractivity contribution < 1.29 is 4.92 Å². The summed E-state index contributed by atoms with van der Waals surface area (Å²) in [6, 6.07) is -0.371. The van der Waals surface area contributed by atoms with Gasteiger partial charge >= 0.3 is 5.82 Å². The average molecular weight is 277 g/mol. The molecule has 0 N–H and O–H groups in total. The third-order valence-corrected chi connectivity index (χ3v) is 3.70. The molecule has 0 aromatic carbocycles. The first-order chi connectivity index (χ1) is 9.16. The van der Waals surface area contributed by atoms with Gasteiger partial charge in [-0.1, -0.05) is 0 Å². The van der Waals surface area contributed by atoms with Gasteiger partial charge in [0.05, 0.1) is 0 Å². The van der Waals surface area contributed by atoms with Crippen LogP contribution in [0.3, 0.4) is 0 Å². The van der Waals surface area contributed by atoms with E-state index in [2.05, 4.69) is 25.0 Å². The van der Waals surface area contributed by atoms with Crippen molar-refractivity contribution >= 4 is 41.1 Å². The second-order valence-corrected chi connectivity index (χ2v) is 4.72. The first-order valence-corrected chi connectivity index (χ1v) is 6.01. The van der Waals surface area contributed by atoms with E-state index in [9.17, 15) is 10.1 Å². The summed E-state index contributed by atoms with van der Waals surface area (Å²) in [5.74, 6) is 0.348. The Labute approximate surface area is 111 Å². The van der Waals surface area contributed by atoms with Crippen molar-refractivity contribution in [2.75, 3.05) is 0 Å². The summed E-state index contributed by atoms with van der Waals surface area (Å²) in [6.45, 7) is 0. The lowest BCUT2D eigenvalue weighted by atomic mass is 10.3. The molecule has 2 aliphatic heterocycles. The molecule has 2 aliphatic rings. The van der Waals surface area contributed by atoms with Crippen molar-refractivity contribution in [1.29, 1.82) is 0 Å². The van der Waals surface area contributed by atoms with Crippen molar-refractivity contribution in [2.24, 2.45) is 27.0 Å². The van der Waals surface area contributed by atoms with Crippen LogP contribution in [0.15, 0.2) is 31.3 Å². The molecule has 3 heterocycles. The molecular formula is C9H7N7O2S. The molecule has 0 saturated heterocycles. The highest BCUT2D eigenvalue weighted by molar-refractivity contribution is 8.14. The number of fused-ring (bicyclic) bond motifs is 1. The lowest BCUT2D eigenvalue weighted by molar-refractivity contribution is -0.392. The van der Waals surface area contributed by atoms with Gasteiger partial charge in [0.1, 0.15) is 17.7 Å². The topological polar surface area (TPSA) is 110 Å². The second-order valence-electron chi connectivity index (χ2n) is 3.71. The molecule has 1 atom stereocenters. The Morgan fingerprint density at radius 2 is 2.26 bits per heavy atom. The Kier molecular flexibility index (Phi) is 2.71. The molecule has 0 fully saturated rings. The van der Waals surface area contributed by atoms with Crippen LogP contribution >= 0.6 is 11.8 Å². The van der Waals surface area contributed by atoms with Crippen LogP contribution in [-0.4, -0.2) is 44.1 Å². The molecule has 1 unspecified atom stereocenters. The smallest absolute Gasteiger partial charge is 0.358 e. The Hall–Kier alpha value is -2.36. The standard InChI is InChI=1S/C9H7N7O2S/c1-15-4-14-7(16(17)18)9(15)19-8-5-6(11-2-10-5)12-3-13-8/h2-5H,1H3. The number of aromatic nitrogens is 2. The largest absolute Gasteiger partial charge is 0.396 e. The highest BCUT2D eigenvalue weighted by Crippen LogP contribution is 2.31. The molecular weight excluding hydrogens is 270 g/mol. The molecule has 1 aromatic heterocycles. The number of amidine groups is 1. The maximum Gasteiger partial charge on any atom is 0.396 e. The van der Waals surface area contributed by atoms with Crippen molar-refractivity contribution in [2.45, 2.75) is 11.1 Å². The fourth-order valence-corrected chi connectivity index (χ4v) is 2.61. The number of aliphatic imine (C=N–C) groups is 4. The van der Waals surface area contributed by atoms with E-state index >= 15 is 0 Å². The minimum atomic E-state index is -0.521. The van der Waals surface area contributed by atoms with E-state index in [1.165, 1.54) is 19.0 Å². The normalized spacial score (nSPS) is 20.2. The van der Waals surface area contributed by atoms with Gasteiger partial charge in [0.2, 0.25) is 6.33 Å². The van der Waals surface area contributed by atoms with E-state index in [1.54, 1.807) is 11.6 Å². The van der Waals surface area contributed by atoms with E-state index in [0.29, 0.717) is 15.9 Å². The summed E-state index contributed by atoms with van der Waals surface area (Å²) in [7, 11) is 1.69. The number of rotatable bonds is 2. The van der Waals surface area contributed by atoms with Gasteiger partial charge in [0.15, 0.2) is 16.9 Å². The lowest BCUT2D eigenvalue weighted by Crippen LogP contribution is -2.25. The monoisotopic (exact) mass is 277 g/mol. The van der Waals surface area contributed by atoms with Gasteiger partial charge in [0.25, 0.3) is 0 Å². The van der Waals surface area contributed by atoms with Gasteiger partial charge in [-0.25, -0.2) is 15.0 Å². The Balaban J connectivity index is 1.94. The van der Waals surface area contributed by atoms with Crippen LogP contribution in [0.1, 0.15) is 0 Å². The summed E-state index contributed by atoms with van der Waals surface area (Å²) in [5.41, 5.74) is 0. The van der Waals surface area contributed by atoms with E-state index < -0.39 is 4.92 Å². The van der Waals surface area contributed by atoms with Crippen LogP contribution in [0.25, 0.3) is 0 Å². The van der Waals surface area contributed by atoms with E-state index in [-0.39, 0.29) is 11.9 Å². The quantitative estimate of drug-likeness (QED) is 0.584. The average Bonchev–Trinajstić information content (AvgIpc) is 2.97. The zero-order valence-electron chi connectivity index (χ0n) is 9.66. The SMILES string of the molecule is Cn1cnc([N+](=O)[O-])c1SC1=NC=NC2=NC=NC21. The predicted octanol–water partition coefficient (Wildman–Crippen LogP) is 0.670. The van der Waals surface area contributed by atoms with Gasteiger partial charge in [0, 0.05) is 7.05 Å². The minimum Gasteiger partial charge on any atom is -0.358 e. The number of hydrogen-bond donors (Lipinski definition) is 0. The molecule has 9 nitrogen and oxygen atoms in total. The summed E-state index contributed by atoms with van der Waals surface area (Å²) in [5, 5.41) is 11.9.